The number of fused-ring (bicyclic) bond motifs is 2. The number of carbonyl (C=O) groups excluding carboxylic acids is 3. The van der Waals surface area contributed by atoms with E-state index in [0.29, 0.717) is 29.0 Å². The molecule has 0 bridgehead atoms. The van der Waals surface area contributed by atoms with Crippen LogP contribution in [0.1, 0.15) is 32.7 Å². The Morgan fingerprint density at radius 2 is 1.28 bits per heavy atom. The minimum atomic E-state index is -0.377. The van der Waals surface area contributed by atoms with Crippen LogP contribution in [0.25, 0.3) is 10.8 Å². The predicted octanol–water partition coefficient (Wildman–Crippen LogP) is 5.18. The highest BCUT2D eigenvalue weighted by atomic mass is 16.5. The van der Waals surface area contributed by atoms with Crippen molar-refractivity contribution in [2.45, 2.75) is 12.8 Å². The molecule has 0 saturated heterocycles. The van der Waals surface area contributed by atoms with Gasteiger partial charge in [-0.2, -0.15) is 0 Å². The number of carbonyl (C=O) groups is 3. The Kier molecular flexibility index (Phi) is 5.00. The molecule has 5 nitrogen and oxygen atoms in total. The third kappa shape index (κ3) is 3.54. The molecule has 2 amide bonds. The second kappa shape index (κ2) is 8.12. The lowest BCUT2D eigenvalue weighted by Crippen LogP contribution is -2.30. The van der Waals surface area contributed by atoms with Gasteiger partial charge in [0.15, 0.2) is 0 Å². The highest BCUT2D eigenvalue weighted by molar-refractivity contribution is 6.34. The van der Waals surface area contributed by atoms with Gasteiger partial charge >= 0.3 is 5.97 Å². The van der Waals surface area contributed by atoms with Crippen molar-refractivity contribution < 1.29 is 19.1 Å². The van der Waals surface area contributed by atoms with Crippen LogP contribution in [0.15, 0.2) is 91.0 Å². The maximum absolute atomic E-state index is 13.1. The Hall–Kier alpha value is -4.25. The Morgan fingerprint density at radius 3 is 1.94 bits per heavy atom. The maximum Gasteiger partial charge on any atom is 0.311 e. The summed E-state index contributed by atoms with van der Waals surface area (Å²) >= 11 is 0. The van der Waals surface area contributed by atoms with Crippen LogP contribution in [-0.4, -0.2) is 17.8 Å². The maximum atomic E-state index is 13.1. The van der Waals surface area contributed by atoms with E-state index in [1.165, 1.54) is 4.90 Å². The van der Waals surface area contributed by atoms with Crippen molar-refractivity contribution in [3.05, 3.63) is 108 Å². The number of nitrogens with zero attached hydrogens (tertiary/aromatic N) is 1. The fraction of sp³-hybridized carbons (Fsp3) is 0.0741. The van der Waals surface area contributed by atoms with E-state index >= 15 is 0 Å². The Bertz CT molecular complexity index is 1330. The van der Waals surface area contributed by atoms with Crippen LogP contribution in [0.5, 0.6) is 5.75 Å². The zero-order valence-corrected chi connectivity index (χ0v) is 17.2. The standard InChI is InChI=1S/C27H19NO4/c29-25(32-21-10-2-1-3-11-21)15-14-20-16-18-8-4-5-9-19(18)17-24(20)28-26(30)22-12-6-7-13-23(22)27(28)31/h1-13,16-17H,14-15H2. The average molecular weight is 421 g/mol. The molecule has 0 fully saturated rings. The minimum absolute atomic E-state index is 0.114. The fourth-order valence-corrected chi connectivity index (χ4v) is 4.00. The van der Waals surface area contributed by atoms with E-state index in [0.717, 1.165) is 16.3 Å². The van der Waals surface area contributed by atoms with Crippen molar-refractivity contribution in [1.82, 2.24) is 0 Å². The molecule has 0 atom stereocenters. The summed E-state index contributed by atoms with van der Waals surface area (Å²) < 4.78 is 5.40. The van der Waals surface area contributed by atoms with Crippen molar-refractivity contribution in [2.75, 3.05) is 4.90 Å². The monoisotopic (exact) mass is 421 g/mol. The molecule has 32 heavy (non-hydrogen) atoms. The zero-order valence-electron chi connectivity index (χ0n) is 17.2. The lowest BCUT2D eigenvalue weighted by molar-refractivity contribution is -0.134. The highest BCUT2D eigenvalue weighted by Gasteiger charge is 2.37. The van der Waals surface area contributed by atoms with E-state index in [9.17, 15) is 14.4 Å². The number of rotatable bonds is 5. The summed E-state index contributed by atoms with van der Waals surface area (Å²) in [7, 11) is 0. The third-order valence-corrected chi connectivity index (χ3v) is 5.56. The summed E-state index contributed by atoms with van der Waals surface area (Å²) in [6, 6.07) is 27.2. The molecule has 0 radical (unpaired) electrons. The van der Waals surface area contributed by atoms with E-state index in [4.69, 9.17) is 4.74 Å². The number of hydrogen-bond donors (Lipinski definition) is 0. The number of esters is 1. The number of imide groups is 1. The van der Waals surface area contributed by atoms with Crippen LogP contribution in [-0.2, 0) is 11.2 Å². The lowest BCUT2D eigenvalue weighted by Gasteiger charge is -2.19. The normalized spacial score (nSPS) is 12.8. The largest absolute Gasteiger partial charge is 0.427 e. The van der Waals surface area contributed by atoms with Gasteiger partial charge in [0.1, 0.15) is 5.75 Å². The molecule has 4 aromatic rings. The summed E-state index contributed by atoms with van der Waals surface area (Å²) in [4.78, 5) is 39.8. The van der Waals surface area contributed by atoms with Gasteiger partial charge in [-0.3, -0.25) is 14.4 Å². The highest BCUT2D eigenvalue weighted by Crippen LogP contribution is 2.34. The first-order valence-corrected chi connectivity index (χ1v) is 10.4. The molecule has 4 aromatic carbocycles. The molecule has 1 aliphatic heterocycles. The number of anilines is 1. The Morgan fingerprint density at radius 1 is 0.719 bits per heavy atom. The van der Waals surface area contributed by atoms with E-state index in [-0.39, 0.29) is 24.2 Å². The first kappa shape index (κ1) is 19.7. The molecule has 5 heteroatoms. The zero-order chi connectivity index (χ0) is 22.1. The van der Waals surface area contributed by atoms with Crippen LogP contribution in [0.4, 0.5) is 5.69 Å². The summed E-state index contributed by atoms with van der Waals surface area (Å²) in [5, 5.41) is 1.88. The summed E-state index contributed by atoms with van der Waals surface area (Å²) in [5.74, 6) is -0.600. The van der Waals surface area contributed by atoms with Gasteiger partial charge in [-0.05, 0) is 59.2 Å². The minimum Gasteiger partial charge on any atom is -0.427 e. The molecule has 0 N–H and O–H groups in total. The quantitative estimate of drug-likeness (QED) is 0.253. The number of amides is 2. The van der Waals surface area contributed by atoms with Gasteiger partial charge in [0, 0.05) is 0 Å². The predicted molar refractivity (Wildman–Crippen MR) is 122 cm³/mol. The van der Waals surface area contributed by atoms with Crippen LogP contribution in [0, 0.1) is 0 Å². The molecule has 0 saturated carbocycles. The molecule has 0 spiro atoms. The Labute approximate surface area is 184 Å². The second-order valence-corrected chi connectivity index (χ2v) is 7.61. The van der Waals surface area contributed by atoms with Crippen LogP contribution in [0.3, 0.4) is 0 Å². The molecule has 1 aliphatic rings. The van der Waals surface area contributed by atoms with Gasteiger partial charge in [0.25, 0.3) is 11.8 Å². The molecule has 0 aromatic heterocycles. The second-order valence-electron chi connectivity index (χ2n) is 7.61. The smallest absolute Gasteiger partial charge is 0.311 e. The topological polar surface area (TPSA) is 63.7 Å². The number of benzene rings is 4. The summed E-state index contributed by atoms with van der Waals surface area (Å²) in [6.45, 7) is 0. The summed E-state index contributed by atoms with van der Waals surface area (Å²) in [6.07, 6.45) is 0.447. The first-order valence-electron chi connectivity index (χ1n) is 10.4. The van der Waals surface area contributed by atoms with Gasteiger partial charge in [-0.25, -0.2) is 4.90 Å². The first-order chi connectivity index (χ1) is 15.6. The van der Waals surface area contributed by atoms with Gasteiger partial charge in [-0.1, -0.05) is 54.6 Å². The van der Waals surface area contributed by atoms with E-state index in [1.54, 1.807) is 48.5 Å². The van der Waals surface area contributed by atoms with Gasteiger partial charge in [0.05, 0.1) is 23.2 Å². The number of hydrogen-bond acceptors (Lipinski definition) is 4. The SMILES string of the molecule is O=C(CCc1cc2ccccc2cc1N1C(=O)c2ccccc2C1=O)Oc1ccccc1. The molecule has 5 rings (SSSR count). The van der Waals surface area contributed by atoms with Crippen molar-refractivity contribution >= 4 is 34.2 Å². The van der Waals surface area contributed by atoms with Gasteiger partial charge < -0.3 is 4.74 Å². The third-order valence-electron chi connectivity index (χ3n) is 5.56. The van der Waals surface area contributed by atoms with Crippen molar-refractivity contribution in [2.24, 2.45) is 0 Å². The molecular formula is C27H19NO4. The van der Waals surface area contributed by atoms with Crippen LogP contribution < -0.4 is 9.64 Å². The lowest BCUT2D eigenvalue weighted by atomic mass is 10.0. The van der Waals surface area contributed by atoms with E-state index in [2.05, 4.69) is 0 Å². The van der Waals surface area contributed by atoms with Crippen molar-refractivity contribution in [3.8, 4) is 5.75 Å². The summed E-state index contributed by atoms with van der Waals surface area (Å²) in [5.41, 5.74) is 2.02. The van der Waals surface area contributed by atoms with Crippen LogP contribution >= 0.6 is 0 Å². The molecular weight excluding hydrogens is 402 g/mol. The van der Waals surface area contributed by atoms with Crippen LogP contribution in [0.2, 0.25) is 0 Å². The van der Waals surface area contributed by atoms with Gasteiger partial charge in [-0.15, -0.1) is 0 Å². The molecule has 1 heterocycles. The molecule has 156 valence electrons. The average Bonchev–Trinajstić information content (AvgIpc) is 3.08. The van der Waals surface area contributed by atoms with E-state index < -0.39 is 0 Å². The van der Waals surface area contributed by atoms with Crippen molar-refractivity contribution in [1.29, 1.82) is 0 Å². The van der Waals surface area contributed by atoms with E-state index in [1.807, 2.05) is 42.5 Å². The Balaban J connectivity index is 1.49. The number of para-hydroxylation sites is 1. The molecule has 0 aliphatic carbocycles. The molecule has 0 unspecified atom stereocenters. The number of aryl methyl sites for hydroxylation is 1. The van der Waals surface area contributed by atoms with Crippen molar-refractivity contribution in [3.63, 3.8) is 0 Å². The fourth-order valence-electron chi connectivity index (χ4n) is 4.00. The van der Waals surface area contributed by atoms with Gasteiger partial charge in [0.2, 0.25) is 0 Å². The number of ether oxygens (including phenoxy) is 1.